The Morgan fingerprint density at radius 3 is 2.88 bits per heavy atom. The zero-order valence-corrected chi connectivity index (χ0v) is 14.5. The fourth-order valence-corrected chi connectivity index (χ4v) is 5.10. The highest BCUT2D eigenvalue weighted by molar-refractivity contribution is 7.15. The second kappa shape index (κ2) is 6.58. The van der Waals surface area contributed by atoms with Gasteiger partial charge in [-0.05, 0) is 47.9 Å². The first-order valence-corrected chi connectivity index (χ1v) is 9.53. The molecule has 0 unspecified atom stereocenters. The van der Waals surface area contributed by atoms with Gasteiger partial charge in [-0.15, -0.1) is 16.4 Å². The predicted molar refractivity (Wildman–Crippen MR) is 90.7 cm³/mol. The maximum Gasteiger partial charge on any atom is 0.226 e. The summed E-state index contributed by atoms with van der Waals surface area (Å²) in [6.07, 6.45) is 11.2. The lowest BCUT2D eigenvalue weighted by atomic mass is 9.71. The second-order valence-corrected chi connectivity index (χ2v) is 8.12. The van der Waals surface area contributed by atoms with Crippen molar-refractivity contribution in [2.75, 3.05) is 5.32 Å². The van der Waals surface area contributed by atoms with Crippen molar-refractivity contribution in [1.29, 1.82) is 0 Å². The summed E-state index contributed by atoms with van der Waals surface area (Å²) in [5.41, 5.74) is 1.13. The van der Waals surface area contributed by atoms with E-state index >= 15 is 0 Å². The van der Waals surface area contributed by atoms with Gasteiger partial charge < -0.3 is 5.32 Å². The summed E-state index contributed by atoms with van der Waals surface area (Å²) in [5, 5.41) is 15.2. The second-order valence-electron chi connectivity index (χ2n) is 7.04. The molecule has 24 heavy (non-hydrogen) atoms. The summed E-state index contributed by atoms with van der Waals surface area (Å²) < 4.78 is 1.76. The molecule has 2 aromatic heterocycles. The summed E-state index contributed by atoms with van der Waals surface area (Å²) in [4.78, 5) is 18.5. The van der Waals surface area contributed by atoms with Crippen LogP contribution < -0.4 is 5.32 Å². The van der Waals surface area contributed by atoms with Crippen LogP contribution >= 0.6 is 11.3 Å². The molecule has 0 aliphatic heterocycles. The molecule has 1 N–H and O–H groups in total. The number of hydrogen-bond acceptors (Lipinski definition) is 6. The van der Waals surface area contributed by atoms with Crippen LogP contribution in [0.3, 0.4) is 0 Å². The number of thiazole rings is 1. The van der Waals surface area contributed by atoms with Crippen molar-refractivity contribution in [1.82, 2.24) is 25.2 Å². The Morgan fingerprint density at radius 1 is 1.25 bits per heavy atom. The zero-order valence-electron chi connectivity index (χ0n) is 13.7. The van der Waals surface area contributed by atoms with E-state index < -0.39 is 0 Å². The maximum absolute atomic E-state index is 12.6. The zero-order chi connectivity index (χ0) is 16.4. The van der Waals surface area contributed by atoms with Gasteiger partial charge in [-0.2, -0.15) is 0 Å². The number of anilines is 1. The van der Waals surface area contributed by atoms with Gasteiger partial charge in [-0.1, -0.05) is 19.3 Å². The number of tetrazole rings is 1. The Labute approximate surface area is 144 Å². The Balaban J connectivity index is 1.44. The third-order valence-electron chi connectivity index (χ3n) is 5.18. The summed E-state index contributed by atoms with van der Waals surface area (Å²) in [6.45, 7) is 0.710. The number of carbonyl (C=O) groups is 1. The van der Waals surface area contributed by atoms with E-state index in [1.807, 2.05) is 0 Å². The molecule has 1 amide bonds. The van der Waals surface area contributed by atoms with Crippen molar-refractivity contribution >= 4 is 22.4 Å². The highest BCUT2D eigenvalue weighted by Crippen LogP contribution is 2.41. The molecule has 7 nitrogen and oxygen atoms in total. The first-order chi connectivity index (χ1) is 11.7. The molecule has 8 heteroatoms. The standard InChI is InChI=1S/C16H22N6OS/c23-14(19-15-18-12-5-4-6-13(12)24-15)9-16(7-2-1-3-8-16)10-22-11-17-20-21-22/h11H,1-10H2,(H,18,19,23). The number of aryl methyl sites for hydroxylation is 2. The fraction of sp³-hybridized carbons (Fsp3) is 0.688. The van der Waals surface area contributed by atoms with Crippen molar-refractivity contribution < 1.29 is 4.79 Å². The van der Waals surface area contributed by atoms with E-state index in [-0.39, 0.29) is 11.3 Å². The molecular formula is C16H22N6OS. The van der Waals surface area contributed by atoms with Crippen LogP contribution in [0.15, 0.2) is 6.33 Å². The van der Waals surface area contributed by atoms with Crippen LogP contribution in [-0.4, -0.2) is 31.1 Å². The smallest absolute Gasteiger partial charge is 0.226 e. The van der Waals surface area contributed by atoms with Crippen molar-refractivity contribution in [2.24, 2.45) is 5.41 Å². The van der Waals surface area contributed by atoms with Gasteiger partial charge in [0.15, 0.2) is 5.13 Å². The van der Waals surface area contributed by atoms with Crippen LogP contribution in [0.5, 0.6) is 0 Å². The maximum atomic E-state index is 12.6. The minimum absolute atomic E-state index is 0.0439. The quantitative estimate of drug-likeness (QED) is 0.899. The molecule has 0 radical (unpaired) electrons. The van der Waals surface area contributed by atoms with Crippen molar-refractivity contribution in [3.63, 3.8) is 0 Å². The first kappa shape index (κ1) is 15.7. The van der Waals surface area contributed by atoms with E-state index in [9.17, 15) is 4.79 Å². The summed E-state index contributed by atoms with van der Waals surface area (Å²) in [7, 11) is 0. The van der Waals surface area contributed by atoms with Crippen LogP contribution in [0.1, 0.15) is 55.5 Å². The third-order valence-corrected chi connectivity index (χ3v) is 6.25. The summed E-state index contributed by atoms with van der Waals surface area (Å²) >= 11 is 1.64. The third kappa shape index (κ3) is 3.33. The number of rotatable bonds is 5. The summed E-state index contributed by atoms with van der Waals surface area (Å²) in [6, 6.07) is 0. The molecule has 2 aromatic rings. The van der Waals surface area contributed by atoms with E-state index in [0.717, 1.165) is 30.8 Å². The van der Waals surface area contributed by atoms with Gasteiger partial charge in [0.25, 0.3) is 0 Å². The van der Waals surface area contributed by atoms with Gasteiger partial charge in [-0.25, -0.2) is 9.67 Å². The number of nitrogens with one attached hydrogen (secondary N) is 1. The Morgan fingerprint density at radius 2 is 2.12 bits per heavy atom. The van der Waals surface area contributed by atoms with Gasteiger partial charge >= 0.3 is 0 Å². The van der Waals surface area contributed by atoms with Crippen LogP contribution in [0, 0.1) is 5.41 Å². The van der Waals surface area contributed by atoms with E-state index in [1.54, 1.807) is 22.3 Å². The van der Waals surface area contributed by atoms with Gasteiger partial charge in [-0.3, -0.25) is 4.79 Å². The lowest BCUT2D eigenvalue weighted by Gasteiger charge is -2.36. The SMILES string of the molecule is O=C(CC1(Cn2cnnn2)CCCCC1)Nc1nc2c(s1)CCC2. The fourth-order valence-electron chi connectivity index (χ4n) is 4.04. The van der Waals surface area contributed by atoms with Crippen molar-refractivity contribution in [3.8, 4) is 0 Å². The Hall–Kier alpha value is -1.83. The van der Waals surface area contributed by atoms with E-state index in [2.05, 4.69) is 25.8 Å². The van der Waals surface area contributed by atoms with Crippen LogP contribution in [-0.2, 0) is 24.2 Å². The normalized spacial score (nSPS) is 19.2. The molecule has 0 spiro atoms. The van der Waals surface area contributed by atoms with Crippen LogP contribution in [0.25, 0.3) is 0 Å². The largest absolute Gasteiger partial charge is 0.302 e. The lowest BCUT2D eigenvalue weighted by molar-refractivity contribution is -0.119. The number of amides is 1. The molecule has 2 heterocycles. The molecule has 128 valence electrons. The molecule has 2 aliphatic rings. The Kier molecular flexibility index (Phi) is 4.30. The molecule has 0 aromatic carbocycles. The van der Waals surface area contributed by atoms with Gasteiger partial charge in [0.05, 0.1) is 12.2 Å². The Bertz CT molecular complexity index is 683. The minimum Gasteiger partial charge on any atom is -0.302 e. The van der Waals surface area contributed by atoms with E-state index in [0.29, 0.717) is 13.0 Å². The monoisotopic (exact) mass is 346 g/mol. The topological polar surface area (TPSA) is 85.6 Å². The van der Waals surface area contributed by atoms with Gasteiger partial charge in [0, 0.05) is 11.3 Å². The molecule has 1 saturated carbocycles. The number of nitrogens with zero attached hydrogens (tertiary/aromatic N) is 5. The number of hydrogen-bond donors (Lipinski definition) is 1. The molecule has 0 saturated heterocycles. The minimum atomic E-state index is -0.0439. The molecule has 1 fully saturated rings. The van der Waals surface area contributed by atoms with Crippen LogP contribution in [0.2, 0.25) is 0 Å². The predicted octanol–water partition coefficient (Wildman–Crippen LogP) is 2.60. The van der Waals surface area contributed by atoms with E-state index in [4.69, 9.17) is 0 Å². The highest BCUT2D eigenvalue weighted by Gasteiger charge is 2.35. The van der Waals surface area contributed by atoms with Gasteiger partial charge in [0.2, 0.25) is 5.91 Å². The molecule has 4 rings (SSSR count). The lowest BCUT2D eigenvalue weighted by Crippen LogP contribution is -2.34. The van der Waals surface area contributed by atoms with E-state index in [1.165, 1.54) is 36.3 Å². The number of fused-ring (bicyclic) bond motifs is 1. The average Bonchev–Trinajstić information content (AvgIpc) is 3.25. The molecular weight excluding hydrogens is 324 g/mol. The van der Waals surface area contributed by atoms with Crippen LogP contribution in [0.4, 0.5) is 5.13 Å². The molecule has 0 bridgehead atoms. The van der Waals surface area contributed by atoms with Gasteiger partial charge in [0.1, 0.15) is 6.33 Å². The molecule has 0 atom stereocenters. The average molecular weight is 346 g/mol. The number of carbonyl (C=O) groups excluding carboxylic acids is 1. The highest BCUT2D eigenvalue weighted by atomic mass is 32.1. The first-order valence-electron chi connectivity index (χ1n) is 8.72. The number of aromatic nitrogens is 5. The van der Waals surface area contributed by atoms with Crippen molar-refractivity contribution in [3.05, 3.63) is 16.9 Å². The molecule has 2 aliphatic carbocycles. The summed E-state index contributed by atoms with van der Waals surface area (Å²) in [5.74, 6) is 0.0670. The van der Waals surface area contributed by atoms with Crippen molar-refractivity contribution in [2.45, 2.75) is 64.3 Å².